The topological polar surface area (TPSA) is 20.3 Å². The van der Waals surface area contributed by atoms with Crippen LogP contribution in [0.4, 0.5) is 0 Å². The fourth-order valence-electron chi connectivity index (χ4n) is 2.66. The summed E-state index contributed by atoms with van der Waals surface area (Å²) in [5, 5.41) is 2.81. The zero-order valence-electron chi connectivity index (χ0n) is 14.9. The van der Waals surface area contributed by atoms with E-state index in [1.807, 2.05) is 29.2 Å². The van der Waals surface area contributed by atoms with Gasteiger partial charge in [-0.15, -0.1) is 11.3 Å². The zero-order chi connectivity index (χ0) is 17.7. The number of hydrogen-bond donors (Lipinski definition) is 0. The maximum Gasteiger partial charge on any atom is 0.223 e. The molecule has 0 fully saturated rings. The number of halogens is 1. The monoisotopic (exact) mass is 363 g/mol. The lowest BCUT2D eigenvalue weighted by molar-refractivity contribution is -0.135. The van der Waals surface area contributed by atoms with E-state index in [-0.39, 0.29) is 17.4 Å². The summed E-state index contributed by atoms with van der Waals surface area (Å²) in [7, 11) is 0. The van der Waals surface area contributed by atoms with Crippen LogP contribution in [0.25, 0.3) is 0 Å². The van der Waals surface area contributed by atoms with Gasteiger partial charge in [0.2, 0.25) is 5.91 Å². The molecule has 0 N–H and O–H groups in total. The molecule has 4 heteroatoms. The maximum absolute atomic E-state index is 12.9. The summed E-state index contributed by atoms with van der Waals surface area (Å²) >= 11 is 7.72. The van der Waals surface area contributed by atoms with Gasteiger partial charge in [-0.2, -0.15) is 0 Å². The van der Waals surface area contributed by atoms with Crippen molar-refractivity contribution in [2.24, 2.45) is 5.41 Å². The molecule has 0 aliphatic heterocycles. The van der Waals surface area contributed by atoms with Crippen molar-refractivity contribution >= 4 is 28.8 Å². The number of benzene rings is 1. The summed E-state index contributed by atoms with van der Waals surface area (Å²) < 4.78 is 0. The summed E-state index contributed by atoms with van der Waals surface area (Å²) in [6.45, 7) is 9.08. The van der Waals surface area contributed by atoms with E-state index in [4.69, 9.17) is 11.6 Å². The first-order chi connectivity index (χ1) is 11.2. The van der Waals surface area contributed by atoms with E-state index in [9.17, 15) is 4.79 Å². The maximum atomic E-state index is 12.9. The molecule has 0 radical (unpaired) electrons. The van der Waals surface area contributed by atoms with Gasteiger partial charge in [-0.3, -0.25) is 4.79 Å². The van der Waals surface area contributed by atoms with Crippen molar-refractivity contribution in [3.8, 4) is 0 Å². The molecule has 130 valence electrons. The van der Waals surface area contributed by atoms with Crippen LogP contribution in [-0.2, 0) is 17.8 Å². The number of rotatable bonds is 6. The Balaban J connectivity index is 2.16. The van der Waals surface area contributed by atoms with Crippen LogP contribution in [0, 0.1) is 5.41 Å². The van der Waals surface area contributed by atoms with Crippen LogP contribution >= 0.6 is 22.9 Å². The van der Waals surface area contributed by atoms with Gasteiger partial charge in [0.25, 0.3) is 0 Å². The smallest absolute Gasteiger partial charge is 0.223 e. The number of carbonyl (C=O) groups excluding carboxylic acids is 1. The number of nitrogens with zero attached hydrogens (tertiary/aromatic N) is 1. The number of amides is 1. The number of carbonyl (C=O) groups is 1. The Bertz CT molecular complexity index is 643. The quantitative estimate of drug-likeness (QED) is 0.635. The van der Waals surface area contributed by atoms with Gasteiger partial charge < -0.3 is 4.90 Å². The second-order valence-corrected chi connectivity index (χ2v) is 8.99. The Labute approximate surface area is 154 Å². The van der Waals surface area contributed by atoms with Crippen LogP contribution in [0.1, 0.15) is 44.6 Å². The first kappa shape index (κ1) is 19.0. The molecule has 2 nitrogen and oxygen atoms in total. The summed E-state index contributed by atoms with van der Waals surface area (Å²) in [6.07, 6.45) is 1.44. The first-order valence-electron chi connectivity index (χ1n) is 8.31. The van der Waals surface area contributed by atoms with Crippen molar-refractivity contribution in [1.29, 1.82) is 0 Å². The number of thiophene rings is 1. The lowest BCUT2D eigenvalue weighted by Gasteiger charge is -2.32. The summed E-state index contributed by atoms with van der Waals surface area (Å²) in [4.78, 5) is 16.2. The molecule has 1 aromatic carbocycles. The molecule has 0 spiro atoms. The predicted octanol–water partition coefficient (Wildman–Crippen LogP) is 5.80. The first-order valence-corrected chi connectivity index (χ1v) is 9.57. The third kappa shape index (κ3) is 5.95. The highest BCUT2D eigenvalue weighted by Crippen LogP contribution is 2.24. The average Bonchev–Trinajstić information content (AvgIpc) is 2.97. The SMILES string of the molecule is C[C@@H](Cc1cccs1)N(Cc1ccc(Cl)cc1)C(=O)CC(C)(C)C. The standard InChI is InChI=1S/C20H26ClNOS/c1-15(12-18-6-5-11-24-18)22(19(23)13-20(2,3)4)14-16-7-9-17(21)10-8-16/h5-11,15H,12-14H2,1-4H3/t15-/m0/s1. The third-order valence-corrected chi connectivity index (χ3v) is 5.03. The van der Waals surface area contributed by atoms with E-state index in [1.54, 1.807) is 11.3 Å². The Morgan fingerprint density at radius 3 is 2.42 bits per heavy atom. The fourth-order valence-corrected chi connectivity index (χ4v) is 3.61. The van der Waals surface area contributed by atoms with Crippen LogP contribution in [0.15, 0.2) is 41.8 Å². The van der Waals surface area contributed by atoms with Gasteiger partial charge in [-0.05, 0) is 41.5 Å². The second kappa shape index (κ2) is 8.17. The molecule has 0 aliphatic rings. The lowest BCUT2D eigenvalue weighted by Crippen LogP contribution is -2.40. The van der Waals surface area contributed by atoms with Crippen LogP contribution in [0.2, 0.25) is 5.02 Å². The molecule has 0 unspecified atom stereocenters. The minimum Gasteiger partial charge on any atom is -0.335 e. The molecule has 2 rings (SSSR count). The molecule has 1 atom stereocenters. The normalized spacial score (nSPS) is 12.9. The minimum atomic E-state index is -0.0159. The predicted molar refractivity (Wildman–Crippen MR) is 104 cm³/mol. The molecule has 0 bridgehead atoms. The van der Waals surface area contributed by atoms with Gasteiger partial charge in [-0.25, -0.2) is 0 Å². The van der Waals surface area contributed by atoms with Crippen LogP contribution < -0.4 is 0 Å². The summed E-state index contributed by atoms with van der Waals surface area (Å²) in [5.74, 6) is 0.210. The van der Waals surface area contributed by atoms with Crippen molar-refractivity contribution in [2.75, 3.05) is 0 Å². The highest BCUT2D eigenvalue weighted by atomic mass is 35.5. The molecule has 0 saturated carbocycles. The van der Waals surface area contributed by atoms with E-state index in [0.717, 1.165) is 17.0 Å². The molecule has 0 saturated heterocycles. The van der Waals surface area contributed by atoms with E-state index in [1.165, 1.54) is 4.88 Å². The largest absolute Gasteiger partial charge is 0.335 e. The van der Waals surface area contributed by atoms with Gasteiger partial charge >= 0.3 is 0 Å². The van der Waals surface area contributed by atoms with Crippen molar-refractivity contribution in [2.45, 2.75) is 53.1 Å². The van der Waals surface area contributed by atoms with Crippen molar-refractivity contribution in [3.63, 3.8) is 0 Å². The molecular formula is C20H26ClNOS. The second-order valence-electron chi connectivity index (χ2n) is 7.52. The highest BCUT2D eigenvalue weighted by molar-refractivity contribution is 7.09. The van der Waals surface area contributed by atoms with Crippen LogP contribution in [-0.4, -0.2) is 16.8 Å². The Morgan fingerprint density at radius 1 is 1.21 bits per heavy atom. The number of hydrogen-bond acceptors (Lipinski definition) is 2. The molecule has 24 heavy (non-hydrogen) atoms. The fraction of sp³-hybridized carbons (Fsp3) is 0.450. The van der Waals surface area contributed by atoms with Gasteiger partial charge in [0.15, 0.2) is 0 Å². The van der Waals surface area contributed by atoms with Crippen LogP contribution in [0.5, 0.6) is 0 Å². The van der Waals surface area contributed by atoms with Crippen molar-refractivity contribution in [3.05, 3.63) is 57.2 Å². The van der Waals surface area contributed by atoms with E-state index < -0.39 is 0 Å². The van der Waals surface area contributed by atoms with Gasteiger partial charge in [-0.1, -0.05) is 50.6 Å². The van der Waals surface area contributed by atoms with Crippen molar-refractivity contribution < 1.29 is 4.79 Å². The minimum absolute atomic E-state index is 0.0159. The van der Waals surface area contributed by atoms with E-state index >= 15 is 0 Å². The Hall–Kier alpha value is -1.32. The Kier molecular flexibility index (Phi) is 6.47. The van der Waals surface area contributed by atoms with Crippen molar-refractivity contribution in [1.82, 2.24) is 4.90 Å². The van der Waals surface area contributed by atoms with E-state index in [2.05, 4.69) is 45.2 Å². The molecule has 1 heterocycles. The average molecular weight is 364 g/mol. The Morgan fingerprint density at radius 2 is 1.88 bits per heavy atom. The third-order valence-electron chi connectivity index (χ3n) is 3.88. The lowest BCUT2D eigenvalue weighted by atomic mass is 9.91. The van der Waals surface area contributed by atoms with E-state index in [0.29, 0.717) is 13.0 Å². The summed E-state index contributed by atoms with van der Waals surface area (Å²) in [5.41, 5.74) is 1.09. The molecule has 1 amide bonds. The van der Waals surface area contributed by atoms with Gasteiger partial charge in [0.1, 0.15) is 0 Å². The molecular weight excluding hydrogens is 338 g/mol. The molecule has 1 aromatic heterocycles. The van der Waals surface area contributed by atoms with Gasteiger partial charge in [0.05, 0.1) is 0 Å². The highest BCUT2D eigenvalue weighted by Gasteiger charge is 2.25. The summed E-state index contributed by atoms with van der Waals surface area (Å²) in [6, 6.07) is 12.1. The van der Waals surface area contributed by atoms with Crippen LogP contribution in [0.3, 0.4) is 0 Å². The van der Waals surface area contributed by atoms with Gasteiger partial charge in [0, 0.05) is 35.3 Å². The zero-order valence-corrected chi connectivity index (χ0v) is 16.5. The molecule has 0 aliphatic carbocycles. The molecule has 2 aromatic rings.